The lowest BCUT2D eigenvalue weighted by Gasteiger charge is -1.98. The highest BCUT2D eigenvalue weighted by Gasteiger charge is 2.10. The van der Waals surface area contributed by atoms with Crippen molar-refractivity contribution in [2.24, 2.45) is 0 Å². The largest absolute Gasteiger partial charge is 0.468 e. The minimum Gasteiger partial charge on any atom is -0.468 e. The maximum absolute atomic E-state index is 11.3. The van der Waals surface area contributed by atoms with Crippen LogP contribution in [0.25, 0.3) is 0 Å². The van der Waals surface area contributed by atoms with Gasteiger partial charge in [0, 0.05) is 11.8 Å². The van der Waals surface area contributed by atoms with Gasteiger partial charge in [0.05, 0.1) is 12.9 Å². The average Bonchev–Trinajstić information content (AvgIpc) is 2.89. The number of rotatable bonds is 6. The van der Waals surface area contributed by atoms with Crippen molar-refractivity contribution in [2.45, 2.75) is 23.1 Å². The van der Waals surface area contributed by atoms with Gasteiger partial charge in [-0.3, -0.25) is 9.59 Å². The highest BCUT2D eigenvalue weighted by atomic mass is 32.2. The molecule has 8 nitrogen and oxygen atoms in total. The van der Waals surface area contributed by atoms with Crippen molar-refractivity contribution < 1.29 is 13.9 Å². The lowest BCUT2D eigenvalue weighted by molar-refractivity contribution is -0.137. The van der Waals surface area contributed by atoms with E-state index in [1.54, 1.807) is 6.92 Å². The number of aryl methyl sites for hydroxylation is 1. The second kappa shape index (κ2) is 7.27. The molecule has 0 saturated carbocycles. The van der Waals surface area contributed by atoms with Gasteiger partial charge in [0.15, 0.2) is 5.16 Å². The molecule has 112 valence electrons. The van der Waals surface area contributed by atoms with Crippen molar-refractivity contribution in [3.05, 3.63) is 28.0 Å². The van der Waals surface area contributed by atoms with E-state index < -0.39 is 0 Å². The molecule has 2 aromatic rings. The van der Waals surface area contributed by atoms with E-state index in [9.17, 15) is 9.59 Å². The fraction of sp³-hybridized carbons (Fsp3) is 0.364. The minimum atomic E-state index is -0.365. The molecule has 0 atom stereocenters. The van der Waals surface area contributed by atoms with Crippen LogP contribution in [0.3, 0.4) is 0 Å². The standard InChI is InChI=1S/C11H12N4O4S2/c1-6-3-7(16)13-10(12-6)20-4-8-14-15-11(19-8)21-5-9(17)18-2/h3H,4-5H2,1-2H3,(H,12,13,16). The Morgan fingerprint density at radius 3 is 2.95 bits per heavy atom. The highest BCUT2D eigenvalue weighted by molar-refractivity contribution is 7.99. The smallest absolute Gasteiger partial charge is 0.316 e. The topological polar surface area (TPSA) is 111 Å². The van der Waals surface area contributed by atoms with E-state index in [2.05, 4.69) is 24.9 Å². The van der Waals surface area contributed by atoms with Crippen LogP contribution >= 0.6 is 23.5 Å². The van der Waals surface area contributed by atoms with E-state index in [0.29, 0.717) is 27.7 Å². The molecular weight excluding hydrogens is 316 g/mol. The average molecular weight is 328 g/mol. The number of aromatic nitrogens is 4. The fourth-order valence-corrected chi connectivity index (χ4v) is 2.66. The Kier molecular flexibility index (Phi) is 5.39. The molecule has 0 aliphatic heterocycles. The third kappa shape index (κ3) is 4.90. The monoisotopic (exact) mass is 328 g/mol. The summed E-state index contributed by atoms with van der Waals surface area (Å²) in [5.41, 5.74) is 0.436. The van der Waals surface area contributed by atoms with Gasteiger partial charge in [-0.25, -0.2) is 4.98 Å². The van der Waals surface area contributed by atoms with Gasteiger partial charge in [-0.2, -0.15) is 0 Å². The summed E-state index contributed by atoms with van der Waals surface area (Å²) in [5.74, 6) is 0.503. The second-order valence-corrected chi connectivity index (χ2v) is 5.70. The number of ether oxygens (including phenoxy) is 1. The first kappa shape index (κ1) is 15.6. The lowest BCUT2D eigenvalue weighted by atomic mass is 10.5. The van der Waals surface area contributed by atoms with Gasteiger partial charge >= 0.3 is 5.97 Å². The molecule has 0 aromatic carbocycles. The van der Waals surface area contributed by atoms with Crippen LogP contribution in [0.4, 0.5) is 0 Å². The summed E-state index contributed by atoms with van der Waals surface area (Å²) < 4.78 is 9.86. The number of carbonyl (C=O) groups is 1. The van der Waals surface area contributed by atoms with E-state index in [4.69, 9.17) is 4.42 Å². The fourth-order valence-electron chi connectivity index (χ4n) is 1.28. The maximum Gasteiger partial charge on any atom is 0.316 e. The molecule has 1 N–H and O–H groups in total. The van der Waals surface area contributed by atoms with Crippen LogP contribution in [0.1, 0.15) is 11.6 Å². The maximum atomic E-state index is 11.3. The first-order valence-corrected chi connectivity index (χ1v) is 7.76. The van der Waals surface area contributed by atoms with Crippen molar-refractivity contribution in [1.82, 2.24) is 20.2 Å². The van der Waals surface area contributed by atoms with Crippen LogP contribution in [0.5, 0.6) is 0 Å². The number of nitrogens with one attached hydrogen (secondary N) is 1. The quantitative estimate of drug-likeness (QED) is 0.472. The Bertz CT molecular complexity index is 685. The Morgan fingerprint density at radius 1 is 1.43 bits per heavy atom. The van der Waals surface area contributed by atoms with E-state index >= 15 is 0 Å². The van der Waals surface area contributed by atoms with E-state index in [1.165, 1.54) is 24.9 Å². The predicted octanol–water partition coefficient (Wildman–Crippen LogP) is 1.02. The van der Waals surface area contributed by atoms with E-state index in [0.717, 1.165) is 11.8 Å². The molecule has 2 heterocycles. The van der Waals surface area contributed by atoms with Crippen molar-refractivity contribution in [3.63, 3.8) is 0 Å². The molecule has 21 heavy (non-hydrogen) atoms. The minimum absolute atomic E-state index is 0.109. The van der Waals surface area contributed by atoms with Crippen LogP contribution in [-0.4, -0.2) is 39.0 Å². The SMILES string of the molecule is COC(=O)CSc1nnc(CSc2nc(C)cc(=O)[nH]2)o1. The molecule has 0 spiro atoms. The summed E-state index contributed by atoms with van der Waals surface area (Å²) in [7, 11) is 1.31. The lowest BCUT2D eigenvalue weighted by Crippen LogP contribution is -2.08. The normalized spacial score (nSPS) is 10.6. The molecule has 2 rings (SSSR count). The van der Waals surface area contributed by atoms with Crippen molar-refractivity contribution >= 4 is 29.5 Å². The summed E-state index contributed by atoms with van der Waals surface area (Å²) in [6, 6.07) is 1.41. The molecular formula is C11H12N4O4S2. The summed E-state index contributed by atoms with van der Waals surface area (Å²) in [6.45, 7) is 1.74. The molecule has 0 aliphatic rings. The molecule has 0 bridgehead atoms. The third-order valence-corrected chi connectivity index (χ3v) is 3.82. The van der Waals surface area contributed by atoms with Gasteiger partial charge in [-0.15, -0.1) is 10.2 Å². The van der Waals surface area contributed by atoms with Gasteiger partial charge in [0.25, 0.3) is 10.8 Å². The number of esters is 1. The van der Waals surface area contributed by atoms with E-state index in [1.807, 2.05) is 0 Å². The van der Waals surface area contributed by atoms with Crippen LogP contribution in [0.2, 0.25) is 0 Å². The molecule has 0 fully saturated rings. The molecule has 0 unspecified atom stereocenters. The van der Waals surface area contributed by atoms with Crippen LogP contribution < -0.4 is 5.56 Å². The zero-order valence-corrected chi connectivity index (χ0v) is 12.9. The van der Waals surface area contributed by atoms with Crippen molar-refractivity contribution in [1.29, 1.82) is 0 Å². The first-order valence-electron chi connectivity index (χ1n) is 5.79. The van der Waals surface area contributed by atoms with Gasteiger partial charge in [-0.05, 0) is 6.92 Å². The number of H-pyrrole nitrogens is 1. The summed E-state index contributed by atoms with van der Waals surface area (Å²) in [4.78, 5) is 29.1. The highest BCUT2D eigenvalue weighted by Crippen LogP contribution is 2.21. The molecule has 2 aromatic heterocycles. The van der Waals surface area contributed by atoms with Crippen LogP contribution in [-0.2, 0) is 15.3 Å². The molecule has 10 heteroatoms. The summed E-state index contributed by atoms with van der Waals surface area (Å²) >= 11 is 2.38. The van der Waals surface area contributed by atoms with Gasteiger partial charge in [-0.1, -0.05) is 23.5 Å². The molecule has 0 saturated heterocycles. The third-order valence-electron chi connectivity index (χ3n) is 2.17. The predicted molar refractivity (Wildman–Crippen MR) is 76.2 cm³/mol. The number of hydrogen-bond acceptors (Lipinski definition) is 9. The Hall–Kier alpha value is -1.81. The Morgan fingerprint density at radius 2 is 2.24 bits per heavy atom. The Labute approximate surface area is 128 Å². The van der Waals surface area contributed by atoms with Gasteiger partial charge in [0.2, 0.25) is 5.89 Å². The number of methoxy groups -OCH3 is 1. The number of hydrogen-bond donors (Lipinski definition) is 1. The van der Waals surface area contributed by atoms with E-state index in [-0.39, 0.29) is 17.3 Å². The van der Waals surface area contributed by atoms with Crippen LogP contribution in [0.15, 0.2) is 25.7 Å². The zero-order chi connectivity index (χ0) is 15.2. The van der Waals surface area contributed by atoms with Crippen molar-refractivity contribution in [3.8, 4) is 0 Å². The van der Waals surface area contributed by atoms with Crippen LogP contribution in [0, 0.1) is 6.92 Å². The first-order chi connectivity index (χ1) is 10.1. The van der Waals surface area contributed by atoms with Crippen molar-refractivity contribution in [2.75, 3.05) is 12.9 Å². The van der Waals surface area contributed by atoms with Gasteiger partial charge in [0.1, 0.15) is 5.75 Å². The number of thioether (sulfide) groups is 2. The number of nitrogens with zero attached hydrogens (tertiary/aromatic N) is 3. The molecule has 0 radical (unpaired) electrons. The Balaban J connectivity index is 1.90. The number of carbonyl (C=O) groups excluding carboxylic acids is 1. The molecule has 0 aliphatic carbocycles. The second-order valence-electron chi connectivity index (χ2n) is 3.81. The summed E-state index contributed by atoms with van der Waals surface area (Å²) in [6.07, 6.45) is 0. The zero-order valence-electron chi connectivity index (χ0n) is 11.3. The summed E-state index contributed by atoms with van der Waals surface area (Å²) in [5, 5.41) is 8.43. The number of aromatic amines is 1. The molecule has 0 amide bonds. The van der Waals surface area contributed by atoms with Gasteiger partial charge < -0.3 is 14.1 Å².